The normalized spacial score (nSPS) is 11.4. The molecular formula is C13H13OSi2. The molecule has 0 spiro atoms. The van der Waals surface area contributed by atoms with Crippen molar-refractivity contribution < 1.29 is 4.12 Å². The van der Waals surface area contributed by atoms with E-state index in [4.69, 9.17) is 4.12 Å². The molecule has 0 amide bonds. The van der Waals surface area contributed by atoms with Gasteiger partial charge in [0.25, 0.3) is 0 Å². The van der Waals surface area contributed by atoms with E-state index in [1.807, 2.05) is 12.1 Å². The van der Waals surface area contributed by atoms with Crippen LogP contribution in [0.5, 0.6) is 0 Å². The molecule has 0 heterocycles. The minimum Gasteiger partial charge on any atom is -0.450 e. The lowest BCUT2D eigenvalue weighted by Gasteiger charge is -2.26. The predicted octanol–water partition coefficient (Wildman–Crippen LogP) is 1.48. The largest absolute Gasteiger partial charge is 0.450 e. The number of hydrogen-bond donors (Lipinski definition) is 0. The Labute approximate surface area is 101 Å². The van der Waals surface area contributed by atoms with E-state index in [1.54, 1.807) is 0 Å². The molecule has 3 heteroatoms. The van der Waals surface area contributed by atoms with Crippen molar-refractivity contribution in [3.8, 4) is 0 Å². The molecule has 79 valence electrons. The second-order valence-corrected chi connectivity index (χ2v) is 7.91. The van der Waals surface area contributed by atoms with E-state index in [-0.39, 0.29) is 0 Å². The van der Waals surface area contributed by atoms with Gasteiger partial charge in [-0.15, -0.1) is 0 Å². The fourth-order valence-corrected chi connectivity index (χ4v) is 4.73. The molecule has 0 saturated heterocycles. The summed E-state index contributed by atoms with van der Waals surface area (Å²) in [5.74, 6) is 0. The third-order valence-electron chi connectivity index (χ3n) is 2.85. The molecule has 0 aromatic heterocycles. The van der Waals surface area contributed by atoms with Gasteiger partial charge in [0.2, 0.25) is 18.8 Å². The number of hydrogen-bond acceptors (Lipinski definition) is 1. The molecule has 3 radical (unpaired) electrons. The minimum absolute atomic E-state index is 1.26. The Morgan fingerprint density at radius 2 is 1.19 bits per heavy atom. The molecule has 0 atom stereocenters. The molecule has 2 aromatic carbocycles. The quantitative estimate of drug-likeness (QED) is 0.740. The van der Waals surface area contributed by atoms with E-state index in [9.17, 15) is 0 Å². The molecule has 0 aliphatic rings. The van der Waals surface area contributed by atoms with Crippen molar-refractivity contribution in [1.82, 2.24) is 0 Å². The van der Waals surface area contributed by atoms with Crippen LogP contribution in [-0.4, -0.2) is 18.8 Å². The number of rotatable bonds is 3. The van der Waals surface area contributed by atoms with Gasteiger partial charge >= 0.3 is 0 Å². The molecule has 2 rings (SSSR count). The summed E-state index contributed by atoms with van der Waals surface area (Å²) in [5, 5.41) is 2.52. The van der Waals surface area contributed by atoms with Gasteiger partial charge in [0, 0.05) is 0 Å². The monoisotopic (exact) mass is 241 g/mol. The molecule has 0 N–H and O–H groups in total. The fourth-order valence-electron chi connectivity index (χ4n) is 1.80. The summed E-state index contributed by atoms with van der Waals surface area (Å²) in [6.45, 7) is 2.19. The van der Waals surface area contributed by atoms with Gasteiger partial charge in [-0.05, 0) is 16.9 Å². The Morgan fingerprint density at radius 3 is 1.50 bits per heavy atom. The van der Waals surface area contributed by atoms with Crippen molar-refractivity contribution in [3.63, 3.8) is 0 Å². The Morgan fingerprint density at radius 1 is 0.812 bits per heavy atom. The first-order valence-corrected chi connectivity index (χ1v) is 8.05. The molecule has 0 fully saturated rings. The van der Waals surface area contributed by atoms with E-state index in [0.717, 1.165) is 0 Å². The second kappa shape index (κ2) is 4.78. The topological polar surface area (TPSA) is 9.23 Å². The summed E-state index contributed by atoms with van der Waals surface area (Å²) < 4.78 is 5.65. The smallest absolute Gasteiger partial charge is 0.241 e. The average molecular weight is 241 g/mol. The standard InChI is InChI=1S/C13H13OSi2/c1-16(14-15,12-8-4-2-5-9-12)13-10-6-3-7-11-13/h2-11H,1H3. The van der Waals surface area contributed by atoms with Gasteiger partial charge in [-0.25, -0.2) is 0 Å². The van der Waals surface area contributed by atoms with Crippen LogP contribution in [0.3, 0.4) is 0 Å². The Bertz CT molecular complexity index is 403. The summed E-state index contributed by atoms with van der Waals surface area (Å²) in [7, 11) is 1.20. The third-order valence-corrected chi connectivity index (χ3v) is 7.36. The molecule has 0 unspecified atom stereocenters. The van der Waals surface area contributed by atoms with E-state index in [0.29, 0.717) is 0 Å². The molecule has 0 bridgehead atoms. The van der Waals surface area contributed by atoms with E-state index in [2.05, 4.69) is 65.6 Å². The van der Waals surface area contributed by atoms with E-state index >= 15 is 0 Å². The van der Waals surface area contributed by atoms with Crippen molar-refractivity contribution in [2.24, 2.45) is 0 Å². The second-order valence-electron chi connectivity index (χ2n) is 3.87. The maximum absolute atomic E-state index is 5.65. The summed E-state index contributed by atoms with van der Waals surface area (Å²) >= 11 is 0. The minimum atomic E-state index is -2.06. The Hall–Kier alpha value is -1.17. The van der Waals surface area contributed by atoms with Crippen molar-refractivity contribution in [2.45, 2.75) is 6.55 Å². The van der Waals surface area contributed by atoms with Crippen molar-refractivity contribution in [1.29, 1.82) is 0 Å². The first-order chi connectivity index (χ1) is 7.77. The highest BCUT2D eigenvalue weighted by atomic mass is 28.4. The van der Waals surface area contributed by atoms with E-state index in [1.165, 1.54) is 10.4 Å². The molecule has 2 aromatic rings. The van der Waals surface area contributed by atoms with Crippen molar-refractivity contribution in [3.05, 3.63) is 60.7 Å². The molecule has 16 heavy (non-hydrogen) atoms. The molecule has 0 saturated carbocycles. The van der Waals surface area contributed by atoms with Crippen molar-refractivity contribution >= 4 is 29.2 Å². The zero-order valence-corrected chi connectivity index (χ0v) is 11.2. The average Bonchev–Trinajstić information content (AvgIpc) is 2.40. The van der Waals surface area contributed by atoms with Gasteiger partial charge in [0.15, 0.2) is 0 Å². The first-order valence-electron chi connectivity index (χ1n) is 5.23. The van der Waals surface area contributed by atoms with Gasteiger partial charge in [0.05, 0.1) is 0 Å². The van der Waals surface area contributed by atoms with Crippen LogP contribution in [0, 0.1) is 0 Å². The van der Waals surface area contributed by atoms with Crippen LogP contribution in [0.15, 0.2) is 60.7 Å². The third kappa shape index (κ3) is 2.02. The van der Waals surface area contributed by atoms with Gasteiger partial charge in [-0.3, -0.25) is 0 Å². The zero-order chi connectivity index (χ0) is 11.4. The Kier molecular flexibility index (Phi) is 3.38. The van der Waals surface area contributed by atoms with Crippen LogP contribution < -0.4 is 10.4 Å². The highest BCUT2D eigenvalue weighted by molar-refractivity contribution is 6.97. The van der Waals surface area contributed by atoms with Crippen LogP contribution in [0.1, 0.15) is 0 Å². The fraction of sp³-hybridized carbons (Fsp3) is 0.0769. The van der Waals surface area contributed by atoms with Gasteiger partial charge < -0.3 is 4.12 Å². The van der Waals surface area contributed by atoms with Gasteiger partial charge in [0.1, 0.15) is 0 Å². The SMILES string of the molecule is C[Si](O[Si])(c1ccccc1)c1ccccc1. The van der Waals surface area contributed by atoms with Gasteiger partial charge in [-0.2, -0.15) is 0 Å². The van der Waals surface area contributed by atoms with Crippen molar-refractivity contribution in [2.75, 3.05) is 0 Å². The first kappa shape index (κ1) is 11.3. The van der Waals surface area contributed by atoms with Gasteiger partial charge in [-0.1, -0.05) is 60.7 Å². The zero-order valence-electron chi connectivity index (χ0n) is 9.18. The Balaban J connectivity index is 2.49. The maximum atomic E-state index is 5.65. The molecule has 0 aliphatic carbocycles. The predicted molar refractivity (Wildman–Crippen MR) is 70.6 cm³/mol. The summed E-state index contributed by atoms with van der Waals surface area (Å²) in [6, 6.07) is 20.7. The molecule has 0 aliphatic heterocycles. The molecule has 1 nitrogen and oxygen atoms in total. The van der Waals surface area contributed by atoms with Crippen LogP contribution >= 0.6 is 0 Å². The van der Waals surface area contributed by atoms with Crippen LogP contribution in [0.25, 0.3) is 0 Å². The van der Waals surface area contributed by atoms with Crippen LogP contribution in [0.4, 0.5) is 0 Å². The highest BCUT2D eigenvalue weighted by Crippen LogP contribution is 2.05. The van der Waals surface area contributed by atoms with E-state index < -0.39 is 8.32 Å². The maximum Gasteiger partial charge on any atom is 0.241 e. The number of benzene rings is 2. The van der Waals surface area contributed by atoms with Crippen LogP contribution in [0.2, 0.25) is 6.55 Å². The highest BCUT2D eigenvalue weighted by Gasteiger charge is 2.31. The van der Waals surface area contributed by atoms with Crippen LogP contribution in [-0.2, 0) is 4.12 Å². The summed E-state index contributed by atoms with van der Waals surface area (Å²) in [6.07, 6.45) is 0. The lowest BCUT2D eigenvalue weighted by molar-refractivity contribution is 0.636. The summed E-state index contributed by atoms with van der Waals surface area (Å²) in [4.78, 5) is 0. The summed E-state index contributed by atoms with van der Waals surface area (Å²) in [5.41, 5.74) is 0. The lowest BCUT2D eigenvalue weighted by atomic mass is 10.4. The lowest BCUT2D eigenvalue weighted by Crippen LogP contribution is -2.57. The molecular weight excluding hydrogens is 228 g/mol.